The molecule has 1 saturated carbocycles. The average molecular weight is 471 g/mol. The summed E-state index contributed by atoms with van der Waals surface area (Å²) < 4.78 is 0. The van der Waals surface area contributed by atoms with Crippen LogP contribution in [0.25, 0.3) is 10.9 Å². The van der Waals surface area contributed by atoms with Crippen molar-refractivity contribution in [1.82, 2.24) is 9.88 Å². The summed E-state index contributed by atoms with van der Waals surface area (Å²) in [7, 11) is 0. The number of rotatable bonds is 4. The summed E-state index contributed by atoms with van der Waals surface area (Å²) in [5, 5.41) is 1.31. The molecule has 1 N–H and O–H groups in total. The van der Waals surface area contributed by atoms with Crippen LogP contribution in [0.3, 0.4) is 0 Å². The lowest BCUT2D eigenvalue weighted by Crippen LogP contribution is -2.55. The number of benzene rings is 2. The molecular formula is C30H38N4O. The molecule has 1 amide bonds. The van der Waals surface area contributed by atoms with Gasteiger partial charge in [0.15, 0.2) is 0 Å². The predicted octanol–water partition coefficient (Wildman–Crippen LogP) is 5.53. The predicted molar refractivity (Wildman–Crippen MR) is 144 cm³/mol. The van der Waals surface area contributed by atoms with E-state index in [4.69, 9.17) is 0 Å². The number of H-pyrrole nitrogens is 1. The van der Waals surface area contributed by atoms with E-state index in [1.54, 1.807) is 0 Å². The number of hydrogen-bond donors (Lipinski definition) is 1. The SMILES string of the molecule is Cc1cccc2c1N(C(=O)C1CCCCC1)C(CN1CCN(c3cccc4[nH]ccc34)CC1)CC2. The summed E-state index contributed by atoms with van der Waals surface area (Å²) in [6, 6.07) is 15.6. The molecule has 3 aromatic rings. The van der Waals surface area contributed by atoms with Crippen LogP contribution in [0, 0.1) is 12.8 Å². The van der Waals surface area contributed by atoms with Crippen molar-refractivity contribution in [3.05, 3.63) is 59.8 Å². The highest BCUT2D eigenvalue weighted by atomic mass is 16.2. The maximum Gasteiger partial charge on any atom is 0.230 e. The second-order valence-electron chi connectivity index (χ2n) is 10.8. The zero-order chi connectivity index (χ0) is 23.8. The molecule has 1 aromatic heterocycles. The van der Waals surface area contributed by atoms with E-state index in [-0.39, 0.29) is 12.0 Å². The Morgan fingerprint density at radius 3 is 2.57 bits per heavy atom. The Bertz CT molecular complexity index is 1190. The molecule has 3 heterocycles. The third-order valence-corrected chi connectivity index (χ3v) is 8.62. The third kappa shape index (κ3) is 4.35. The Balaban J connectivity index is 1.19. The van der Waals surface area contributed by atoms with Crippen molar-refractivity contribution in [3.63, 3.8) is 0 Å². The molecule has 1 unspecified atom stereocenters. The van der Waals surface area contributed by atoms with Gasteiger partial charge in [0.2, 0.25) is 5.91 Å². The molecule has 2 aromatic carbocycles. The van der Waals surface area contributed by atoms with Crippen LogP contribution in [0.15, 0.2) is 48.7 Å². The van der Waals surface area contributed by atoms with Gasteiger partial charge in [0, 0.05) is 67.5 Å². The Kier molecular flexibility index (Phi) is 6.28. The summed E-state index contributed by atoms with van der Waals surface area (Å²) >= 11 is 0. The quantitative estimate of drug-likeness (QED) is 0.545. The maximum atomic E-state index is 14.0. The molecule has 0 bridgehead atoms. The minimum atomic E-state index is 0.204. The van der Waals surface area contributed by atoms with Crippen LogP contribution in [0.2, 0.25) is 0 Å². The van der Waals surface area contributed by atoms with Crippen LogP contribution in [0.4, 0.5) is 11.4 Å². The molecule has 0 radical (unpaired) electrons. The van der Waals surface area contributed by atoms with E-state index in [0.29, 0.717) is 5.91 Å². The number of aryl methyl sites for hydroxylation is 2. The van der Waals surface area contributed by atoms with Gasteiger partial charge in [0.1, 0.15) is 0 Å². The summed E-state index contributed by atoms with van der Waals surface area (Å²) in [6.07, 6.45) is 9.98. The molecule has 2 fully saturated rings. The number of carbonyl (C=O) groups is 1. The number of para-hydroxylation sites is 1. The van der Waals surface area contributed by atoms with E-state index in [9.17, 15) is 4.79 Å². The van der Waals surface area contributed by atoms with Crippen molar-refractivity contribution in [2.45, 2.75) is 57.9 Å². The zero-order valence-electron chi connectivity index (χ0n) is 21.0. The van der Waals surface area contributed by atoms with Gasteiger partial charge >= 0.3 is 0 Å². The minimum Gasteiger partial charge on any atom is -0.368 e. The molecule has 3 aliphatic rings. The van der Waals surface area contributed by atoms with Gasteiger partial charge in [-0.3, -0.25) is 9.69 Å². The van der Waals surface area contributed by atoms with Crippen LogP contribution < -0.4 is 9.80 Å². The van der Waals surface area contributed by atoms with Crippen LogP contribution in [0.5, 0.6) is 0 Å². The summed E-state index contributed by atoms with van der Waals surface area (Å²) in [4.78, 5) is 24.7. The maximum absolute atomic E-state index is 14.0. The number of aromatic nitrogens is 1. The molecule has 0 spiro atoms. The molecule has 2 aliphatic heterocycles. The largest absolute Gasteiger partial charge is 0.368 e. The van der Waals surface area contributed by atoms with Gasteiger partial charge in [0.25, 0.3) is 0 Å². The van der Waals surface area contributed by atoms with Gasteiger partial charge in [-0.2, -0.15) is 0 Å². The Morgan fingerprint density at radius 1 is 0.943 bits per heavy atom. The molecule has 184 valence electrons. The fraction of sp³-hybridized carbons (Fsp3) is 0.500. The van der Waals surface area contributed by atoms with Crippen molar-refractivity contribution in [3.8, 4) is 0 Å². The Hall–Kier alpha value is -2.79. The van der Waals surface area contributed by atoms with Crippen molar-refractivity contribution < 1.29 is 4.79 Å². The van der Waals surface area contributed by atoms with E-state index >= 15 is 0 Å². The lowest BCUT2D eigenvalue weighted by Gasteiger charge is -2.44. The molecule has 5 nitrogen and oxygen atoms in total. The number of nitrogens with zero attached hydrogens (tertiary/aromatic N) is 3. The van der Waals surface area contributed by atoms with Gasteiger partial charge in [-0.25, -0.2) is 0 Å². The van der Waals surface area contributed by atoms with Gasteiger partial charge < -0.3 is 14.8 Å². The summed E-state index contributed by atoms with van der Waals surface area (Å²) in [5.41, 5.74) is 6.37. The number of carbonyl (C=O) groups excluding carboxylic acids is 1. The zero-order valence-corrected chi connectivity index (χ0v) is 21.0. The lowest BCUT2D eigenvalue weighted by atomic mass is 9.85. The van der Waals surface area contributed by atoms with E-state index in [0.717, 1.165) is 58.4 Å². The first-order chi connectivity index (χ1) is 17.2. The van der Waals surface area contributed by atoms with E-state index in [1.165, 1.54) is 52.7 Å². The second-order valence-corrected chi connectivity index (χ2v) is 10.8. The second kappa shape index (κ2) is 9.69. The lowest BCUT2D eigenvalue weighted by molar-refractivity contribution is -0.124. The molecule has 1 atom stereocenters. The first-order valence-electron chi connectivity index (χ1n) is 13.6. The van der Waals surface area contributed by atoms with E-state index < -0.39 is 0 Å². The number of amides is 1. The normalized spacial score (nSPS) is 21.9. The topological polar surface area (TPSA) is 42.6 Å². The number of nitrogens with one attached hydrogen (secondary N) is 1. The Labute approximate surface area is 209 Å². The monoisotopic (exact) mass is 470 g/mol. The van der Waals surface area contributed by atoms with Crippen LogP contribution in [-0.2, 0) is 11.2 Å². The summed E-state index contributed by atoms with van der Waals surface area (Å²) in [5.74, 6) is 0.596. The molecule has 6 rings (SSSR count). The number of piperazine rings is 1. The van der Waals surface area contributed by atoms with Crippen molar-refractivity contribution in [2.24, 2.45) is 5.92 Å². The number of aromatic amines is 1. The Morgan fingerprint density at radius 2 is 1.74 bits per heavy atom. The van der Waals surface area contributed by atoms with Gasteiger partial charge in [-0.05, 0) is 61.9 Å². The fourth-order valence-electron chi connectivity index (χ4n) is 6.72. The first-order valence-corrected chi connectivity index (χ1v) is 13.6. The van der Waals surface area contributed by atoms with Crippen LogP contribution in [-0.4, -0.2) is 54.6 Å². The fourth-order valence-corrected chi connectivity index (χ4v) is 6.72. The molecule has 5 heteroatoms. The highest BCUT2D eigenvalue weighted by Gasteiger charge is 2.37. The number of hydrogen-bond acceptors (Lipinski definition) is 3. The minimum absolute atomic E-state index is 0.204. The smallest absolute Gasteiger partial charge is 0.230 e. The van der Waals surface area contributed by atoms with Gasteiger partial charge in [-0.15, -0.1) is 0 Å². The van der Waals surface area contributed by atoms with Gasteiger partial charge in [0.05, 0.1) is 5.69 Å². The van der Waals surface area contributed by atoms with Crippen LogP contribution in [0.1, 0.15) is 49.7 Å². The van der Waals surface area contributed by atoms with Gasteiger partial charge in [-0.1, -0.05) is 43.5 Å². The van der Waals surface area contributed by atoms with E-state index in [2.05, 4.69) is 69.1 Å². The number of fused-ring (bicyclic) bond motifs is 2. The molecule has 35 heavy (non-hydrogen) atoms. The third-order valence-electron chi connectivity index (χ3n) is 8.62. The molecule has 1 aliphatic carbocycles. The first kappa shape index (κ1) is 22.7. The highest BCUT2D eigenvalue weighted by Crippen LogP contribution is 2.37. The van der Waals surface area contributed by atoms with Crippen molar-refractivity contribution >= 4 is 28.2 Å². The molecule has 1 saturated heterocycles. The summed E-state index contributed by atoms with van der Waals surface area (Å²) in [6.45, 7) is 7.32. The van der Waals surface area contributed by atoms with E-state index in [1.807, 2.05) is 6.20 Å². The average Bonchev–Trinajstić information content (AvgIpc) is 3.39. The van der Waals surface area contributed by atoms with Crippen molar-refractivity contribution in [2.75, 3.05) is 42.5 Å². The number of anilines is 2. The molecular weight excluding hydrogens is 432 g/mol. The van der Waals surface area contributed by atoms with Crippen molar-refractivity contribution in [1.29, 1.82) is 0 Å². The standard InChI is InChI=1S/C30H38N4O/c1-22-7-5-10-23-13-14-25(34(29(22)23)30(35)24-8-3-2-4-9-24)21-32-17-19-33(20-18-32)28-12-6-11-27-26(28)15-16-31-27/h5-7,10-12,15-16,24-25,31H,2-4,8-9,13-14,17-21H2,1H3. The van der Waals surface area contributed by atoms with Crippen LogP contribution >= 0.6 is 0 Å². The highest BCUT2D eigenvalue weighted by molar-refractivity contribution is 5.97.